The van der Waals surface area contributed by atoms with Crippen molar-refractivity contribution in [2.75, 3.05) is 0 Å². The summed E-state index contributed by atoms with van der Waals surface area (Å²) in [6.07, 6.45) is 1.95. The first-order valence-electron chi connectivity index (χ1n) is 6.96. The topological polar surface area (TPSA) is 39.1 Å². The van der Waals surface area contributed by atoms with Crippen LogP contribution in [-0.4, -0.2) is 16.1 Å². The molecule has 1 heterocycles. The van der Waals surface area contributed by atoms with Crippen LogP contribution in [0, 0.1) is 5.92 Å². The first-order valence-corrected chi connectivity index (χ1v) is 6.96. The number of fused-ring (bicyclic) bond motifs is 2. The molecule has 3 nitrogen and oxygen atoms in total. The minimum atomic E-state index is -0.567. The van der Waals surface area contributed by atoms with Gasteiger partial charge in [-0.15, -0.1) is 0 Å². The molecule has 0 amide bonds. The Morgan fingerprint density at radius 1 is 0.905 bits per heavy atom. The smallest absolute Gasteiger partial charge is 0.176 e. The monoisotopic (exact) mass is 275 g/mol. The van der Waals surface area contributed by atoms with E-state index in [-0.39, 0.29) is 11.6 Å². The lowest BCUT2D eigenvalue weighted by atomic mass is 10.1. The van der Waals surface area contributed by atoms with Crippen LogP contribution in [0.25, 0.3) is 16.6 Å². The number of benzene rings is 2. The number of carbonyl (C=O) groups is 2. The number of ketones is 2. The molecule has 0 bridgehead atoms. The number of rotatable bonds is 1. The van der Waals surface area contributed by atoms with Crippen LogP contribution in [0.5, 0.6) is 0 Å². The summed E-state index contributed by atoms with van der Waals surface area (Å²) < 4.78 is 1.98. The Kier molecular flexibility index (Phi) is 2.39. The van der Waals surface area contributed by atoms with Crippen LogP contribution in [0.1, 0.15) is 27.6 Å². The van der Waals surface area contributed by atoms with Gasteiger partial charge in [-0.2, -0.15) is 0 Å². The Labute approximate surface area is 121 Å². The molecule has 4 rings (SSSR count). The summed E-state index contributed by atoms with van der Waals surface area (Å²) in [4.78, 5) is 24.6. The number of hydrogen-bond acceptors (Lipinski definition) is 2. The Bertz CT molecular complexity index is 904. The van der Waals surface area contributed by atoms with Gasteiger partial charge in [0.25, 0.3) is 0 Å². The zero-order valence-corrected chi connectivity index (χ0v) is 11.5. The van der Waals surface area contributed by atoms with Crippen LogP contribution < -0.4 is 0 Å². The molecule has 0 fully saturated rings. The van der Waals surface area contributed by atoms with Crippen molar-refractivity contribution in [3.63, 3.8) is 0 Å². The Balaban J connectivity index is 2.04. The quantitative estimate of drug-likeness (QED) is 0.636. The molecule has 1 aliphatic carbocycles. The number of carbonyl (C=O) groups excluding carboxylic acids is 2. The highest BCUT2D eigenvalue weighted by molar-refractivity contribution is 6.27. The maximum atomic E-state index is 12.4. The zero-order chi connectivity index (χ0) is 14.6. The molecular formula is C18H13NO2. The van der Waals surface area contributed by atoms with Gasteiger partial charge < -0.3 is 4.57 Å². The maximum absolute atomic E-state index is 12.4. The third-order valence-electron chi connectivity index (χ3n) is 4.20. The van der Waals surface area contributed by atoms with E-state index in [1.54, 1.807) is 13.0 Å². The fourth-order valence-corrected chi connectivity index (χ4v) is 3.07. The number of hydrogen-bond donors (Lipinski definition) is 0. The van der Waals surface area contributed by atoms with Gasteiger partial charge in [-0.1, -0.05) is 30.3 Å². The highest BCUT2D eigenvalue weighted by atomic mass is 16.2. The zero-order valence-electron chi connectivity index (χ0n) is 11.5. The predicted molar refractivity (Wildman–Crippen MR) is 81.1 cm³/mol. The number of nitrogens with zero attached hydrogens (tertiary/aromatic N) is 1. The van der Waals surface area contributed by atoms with Gasteiger partial charge in [-0.25, -0.2) is 0 Å². The molecule has 3 aromatic rings. The van der Waals surface area contributed by atoms with E-state index in [1.165, 1.54) is 0 Å². The van der Waals surface area contributed by atoms with Gasteiger partial charge >= 0.3 is 0 Å². The van der Waals surface area contributed by atoms with Crippen molar-refractivity contribution in [1.29, 1.82) is 0 Å². The summed E-state index contributed by atoms with van der Waals surface area (Å²) in [6, 6.07) is 15.5. The van der Waals surface area contributed by atoms with E-state index in [0.29, 0.717) is 11.1 Å². The molecule has 0 spiro atoms. The normalized spacial score (nSPS) is 17.5. The first kappa shape index (κ1) is 12.1. The number of para-hydroxylation sites is 1. The second-order valence-corrected chi connectivity index (χ2v) is 5.39. The number of aromatic nitrogens is 1. The molecule has 1 aromatic heterocycles. The number of Topliss-reactive ketones (excluding diaryl/α,β-unsaturated/α-hetero) is 2. The Hall–Kier alpha value is -2.68. The van der Waals surface area contributed by atoms with Crippen molar-refractivity contribution in [3.8, 4) is 5.69 Å². The van der Waals surface area contributed by atoms with E-state index in [2.05, 4.69) is 0 Å². The molecule has 1 unspecified atom stereocenters. The molecule has 3 heteroatoms. The van der Waals surface area contributed by atoms with Crippen molar-refractivity contribution in [1.82, 2.24) is 4.57 Å². The minimum absolute atomic E-state index is 0.0756. The minimum Gasteiger partial charge on any atom is -0.316 e. The molecule has 1 atom stereocenters. The van der Waals surface area contributed by atoms with Gasteiger partial charge in [0.1, 0.15) is 0 Å². The SMILES string of the molecule is CC1C(=O)c2cccc(-n3ccc4ccccc43)c2C1=O. The molecule has 21 heavy (non-hydrogen) atoms. The van der Waals surface area contributed by atoms with Crippen LogP contribution >= 0.6 is 0 Å². The lowest BCUT2D eigenvalue weighted by molar-refractivity contribution is 0.0852. The third-order valence-corrected chi connectivity index (χ3v) is 4.20. The molecule has 0 radical (unpaired) electrons. The van der Waals surface area contributed by atoms with Crippen molar-refractivity contribution in [2.45, 2.75) is 6.92 Å². The molecule has 1 aliphatic rings. The molecular weight excluding hydrogens is 262 g/mol. The van der Waals surface area contributed by atoms with E-state index < -0.39 is 5.92 Å². The van der Waals surface area contributed by atoms with Crippen LogP contribution in [0.15, 0.2) is 54.7 Å². The summed E-state index contributed by atoms with van der Waals surface area (Å²) in [5, 5.41) is 1.11. The Morgan fingerprint density at radius 2 is 1.71 bits per heavy atom. The summed E-state index contributed by atoms with van der Waals surface area (Å²) in [7, 11) is 0. The lowest BCUT2D eigenvalue weighted by Crippen LogP contribution is -2.10. The molecule has 102 valence electrons. The van der Waals surface area contributed by atoms with Crippen molar-refractivity contribution < 1.29 is 9.59 Å². The first-order chi connectivity index (χ1) is 10.2. The van der Waals surface area contributed by atoms with Crippen molar-refractivity contribution >= 4 is 22.5 Å². The maximum Gasteiger partial charge on any atom is 0.176 e. The standard InChI is InChI=1S/C18H13NO2/c1-11-17(20)13-6-4-8-15(16(13)18(11)21)19-10-9-12-5-2-3-7-14(12)19/h2-11H,1H3. The van der Waals surface area contributed by atoms with E-state index in [9.17, 15) is 9.59 Å². The van der Waals surface area contributed by atoms with Crippen LogP contribution in [-0.2, 0) is 0 Å². The average molecular weight is 275 g/mol. The van der Waals surface area contributed by atoms with E-state index in [4.69, 9.17) is 0 Å². The van der Waals surface area contributed by atoms with E-state index >= 15 is 0 Å². The van der Waals surface area contributed by atoms with Crippen LogP contribution in [0.2, 0.25) is 0 Å². The molecule has 0 saturated carbocycles. The van der Waals surface area contributed by atoms with Gasteiger partial charge in [0.2, 0.25) is 0 Å². The highest BCUT2D eigenvalue weighted by Crippen LogP contribution is 2.33. The summed E-state index contributed by atoms with van der Waals surface area (Å²) in [5.41, 5.74) is 2.92. The summed E-state index contributed by atoms with van der Waals surface area (Å²) in [6.45, 7) is 1.68. The second-order valence-electron chi connectivity index (χ2n) is 5.39. The van der Waals surface area contributed by atoms with Gasteiger partial charge in [0.05, 0.1) is 22.7 Å². The third kappa shape index (κ3) is 1.54. The van der Waals surface area contributed by atoms with E-state index in [1.807, 2.05) is 53.2 Å². The second kappa shape index (κ2) is 4.16. The van der Waals surface area contributed by atoms with Crippen molar-refractivity contribution in [2.24, 2.45) is 5.92 Å². The molecule has 0 aliphatic heterocycles. The van der Waals surface area contributed by atoms with Crippen LogP contribution in [0.3, 0.4) is 0 Å². The lowest BCUT2D eigenvalue weighted by Gasteiger charge is -2.10. The Morgan fingerprint density at radius 3 is 2.57 bits per heavy atom. The van der Waals surface area contributed by atoms with Crippen LogP contribution in [0.4, 0.5) is 0 Å². The summed E-state index contributed by atoms with van der Waals surface area (Å²) in [5.74, 6) is -0.723. The fourth-order valence-electron chi connectivity index (χ4n) is 3.07. The van der Waals surface area contributed by atoms with Gasteiger partial charge in [-0.3, -0.25) is 9.59 Å². The molecule has 0 N–H and O–H groups in total. The van der Waals surface area contributed by atoms with Gasteiger partial charge in [0, 0.05) is 11.8 Å². The van der Waals surface area contributed by atoms with Crippen molar-refractivity contribution in [3.05, 3.63) is 65.9 Å². The van der Waals surface area contributed by atoms with Gasteiger partial charge in [0.15, 0.2) is 11.6 Å². The molecule has 0 saturated heterocycles. The van der Waals surface area contributed by atoms with E-state index in [0.717, 1.165) is 16.6 Å². The largest absolute Gasteiger partial charge is 0.316 e. The molecule has 2 aromatic carbocycles. The predicted octanol–water partition coefficient (Wildman–Crippen LogP) is 3.65. The highest BCUT2D eigenvalue weighted by Gasteiger charge is 2.37. The fraction of sp³-hybridized carbons (Fsp3) is 0.111. The van der Waals surface area contributed by atoms with Gasteiger partial charge in [-0.05, 0) is 30.5 Å². The average Bonchev–Trinajstić information content (AvgIpc) is 3.04. The summed E-state index contributed by atoms with van der Waals surface area (Å²) >= 11 is 0.